The summed E-state index contributed by atoms with van der Waals surface area (Å²) in [7, 11) is 0. The summed E-state index contributed by atoms with van der Waals surface area (Å²) in [5.41, 5.74) is 0.658. The first-order valence-electron chi connectivity index (χ1n) is 8.69. The van der Waals surface area contributed by atoms with Gasteiger partial charge in [-0.05, 0) is 12.5 Å². The van der Waals surface area contributed by atoms with Gasteiger partial charge in [0.05, 0.1) is 13.2 Å². The first-order chi connectivity index (χ1) is 13.5. The minimum Gasteiger partial charge on any atom is -0.395 e. The molecule has 0 atom stereocenters. The Labute approximate surface area is 164 Å². The molecule has 0 fully saturated rings. The molecular formula is C18H19N5O4S. The van der Waals surface area contributed by atoms with E-state index in [4.69, 9.17) is 5.11 Å². The monoisotopic (exact) mass is 401 g/mol. The SMILES string of the molecule is CCCSc1nnc(-c2ccccc2NC2=CC(=O)N(CCO)C2=O)c(=O)[nH]1. The standard InChI is InChI=1S/C18H19N5O4S/c1-2-9-28-18-20-16(26)15(21-22-18)11-5-3-4-6-12(11)19-13-10-14(25)23(7-8-24)17(13)27/h3-6,10,19,24H,2,7-9H2,1H3,(H,20,22,26). The third-order valence-electron chi connectivity index (χ3n) is 3.90. The molecule has 1 aromatic heterocycles. The summed E-state index contributed by atoms with van der Waals surface area (Å²) in [4.78, 5) is 40.4. The molecule has 3 rings (SSSR count). The van der Waals surface area contributed by atoms with Crippen LogP contribution < -0.4 is 10.9 Å². The lowest BCUT2D eigenvalue weighted by molar-refractivity contribution is -0.137. The van der Waals surface area contributed by atoms with Crippen molar-refractivity contribution in [2.75, 3.05) is 24.2 Å². The molecule has 1 aromatic carbocycles. The average molecular weight is 401 g/mol. The van der Waals surface area contributed by atoms with Crippen LogP contribution in [0.4, 0.5) is 5.69 Å². The zero-order valence-corrected chi connectivity index (χ0v) is 16.0. The zero-order valence-electron chi connectivity index (χ0n) is 15.1. The fourth-order valence-electron chi connectivity index (χ4n) is 2.62. The van der Waals surface area contributed by atoms with Gasteiger partial charge in [0.25, 0.3) is 17.4 Å². The van der Waals surface area contributed by atoms with Crippen LogP contribution in [0.15, 0.2) is 46.0 Å². The highest BCUT2D eigenvalue weighted by atomic mass is 32.2. The number of anilines is 1. The van der Waals surface area contributed by atoms with Gasteiger partial charge >= 0.3 is 0 Å². The lowest BCUT2D eigenvalue weighted by atomic mass is 10.1. The Kier molecular flexibility index (Phi) is 6.22. The number of H-pyrrole nitrogens is 1. The van der Waals surface area contributed by atoms with Crippen molar-refractivity contribution in [3.8, 4) is 11.3 Å². The van der Waals surface area contributed by atoms with E-state index in [1.807, 2.05) is 6.92 Å². The number of carbonyl (C=O) groups excluding carboxylic acids is 2. The molecule has 2 heterocycles. The summed E-state index contributed by atoms with van der Waals surface area (Å²) in [6, 6.07) is 6.80. The van der Waals surface area contributed by atoms with E-state index >= 15 is 0 Å². The molecule has 0 bridgehead atoms. The molecule has 0 saturated heterocycles. The van der Waals surface area contributed by atoms with E-state index in [9.17, 15) is 14.4 Å². The maximum absolute atomic E-state index is 12.5. The number of β-amino-alcohol motifs (C(OH)–C–C–N with tert-alkyl or cyclic N) is 1. The smallest absolute Gasteiger partial charge is 0.278 e. The lowest BCUT2D eigenvalue weighted by Crippen LogP contribution is -2.34. The Bertz CT molecular complexity index is 988. The summed E-state index contributed by atoms with van der Waals surface area (Å²) in [5, 5.41) is 20.4. The van der Waals surface area contributed by atoms with E-state index in [1.54, 1.807) is 24.3 Å². The number of imide groups is 1. The largest absolute Gasteiger partial charge is 0.395 e. The van der Waals surface area contributed by atoms with Crippen LogP contribution >= 0.6 is 11.8 Å². The number of aliphatic hydroxyl groups excluding tert-OH is 1. The summed E-state index contributed by atoms with van der Waals surface area (Å²) < 4.78 is 0. The van der Waals surface area contributed by atoms with Crippen molar-refractivity contribution in [1.29, 1.82) is 0 Å². The van der Waals surface area contributed by atoms with Gasteiger partial charge in [0.15, 0.2) is 10.9 Å². The van der Waals surface area contributed by atoms with Crippen LogP contribution in [0.5, 0.6) is 0 Å². The second-order valence-corrected chi connectivity index (χ2v) is 6.99. The molecule has 146 valence electrons. The first kappa shape index (κ1) is 19.8. The molecular weight excluding hydrogens is 382 g/mol. The number of aromatic amines is 1. The topological polar surface area (TPSA) is 128 Å². The normalized spacial score (nSPS) is 13.8. The molecule has 0 saturated carbocycles. The van der Waals surface area contributed by atoms with Gasteiger partial charge in [-0.25, -0.2) is 0 Å². The van der Waals surface area contributed by atoms with E-state index in [-0.39, 0.29) is 24.5 Å². The molecule has 28 heavy (non-hydrogen) atoms. The van der Waals surface area contributed by atoms with Crippen LogP contribution in [0.2, 0.25) is 0 Å². The highest BCUT2D eigenvalue weighted by molar-refractivity contribution is 7.99. The van der Waals surface area contributed by atoms with Crippen molar-refractivity contribution in [2.24, 2.45) is 0 Å². The molecule has 1 aliphatic heterocycles. The van der Waals surface area contributed by atoms with Gasteiger partial charge in [-0.1, -0.05) is 36.9 Å². The number of benzene rings is 1. The fraction of sp³-hybridized carbons (Fsp3) is 0.278. The number of rotatable bonds is 8. The number of amides is 2. The van der Waals surface area contributed by atoms with Gasteiger partial charge in [0.1, 0.15) is 5.70 Å². The number of hydrogen-bond acceptors (Lipinski definition) is 8. The molecule has 0 radical (unpaired) electrons. The molecule has 3 N–H and O–H groups in total. The van der Waals surface area contributed by atoms with Crippen molar-refractivity contribution in [3.05, 3.63) is 46.4 Å². The number of nitrogens with one attached hydrogen (secondary N) is 2. The van der Waals surface area contributed by atoms with Gasteiger partial charge in [0.2, 0.25) is 0 Å². The third kappa shape index (κ3) is 4.12. The highest BCUT2D eigenvalue weighted by Crippen LogP contribution is 2.26. The number of thioether (sulfide) groups is 1. The van der Waals surface area contributed by atoms with Gasteiger partial charge in [-0.15, -0.1) is 10.2 Å². The molecule has 0 spiro atoms. The molecule has 0 unspecified atom stereocenters. The van der Waals surface area contributed by atoms with Crippen molar-refractivity contribution in [3.63, 3.8) is 0 Å². The second-order valence-electron chi connectivity index (χ2n) is 5.90. The van der Waals surface area contributed by atoms with Gasteiger partial charge in [-0.2, -0.15) is 0 Å². The first-order valence-corrected chi connectivity index (χ1v) is 9.68. The quantitative estimate of drug-likeness (QED) is 0.441. The third-order valence-corrected chi connectivity index (χ3v) is 4.97. The summed E-state index contributed by atoms with van der Waals surface area (Å²) in [6.07, 6.45) is 2.10. The van der Waals surface area contributed by atoms with E-state index < -0.39 is 17.4 Å². The number of hydrogen-bond donors (Lipinski definition) is 3. The van der Waals surface area contributed by atoms with Crippen LogP contribution in [-0.2, 0) is 9.59 Å². The summed E-state index contributed by atoms with van der Waals surface area (Å²) in [6.45, 7) is 1.63. The Balaban J connectivity index is 1.89. The van der Waals surface area contributed by atoms with Crippen molar-refractivity contribution in [1.82, 2.24) is 20.1 Å². The van der Waals surface area contributed by atoms with Crippen LogP contribution in [0.1, 0.15) is 13.3 Å². The van der Waals surface area contributed by atoms with E-state index in [0.29, 0.717) is 16.4 Å². The number of carbonyl (C=O) groups is 2. The van der Waals surface area contributed by atoms with Crippen LogP contribution in [0.3, 0.4) is 0 Å². The molecule has 9 nitrogen and oxygen atoms in total. The molecule has 2 amide bonds. The van der Waals surface area contributed by atoms with Gasteiger partial charge in [-0.3, -0.25) is 24.3 Å². The Hall–Kier alpha value is -2.98. The number of para-hydroxylation sites is 1. The van der Waals surface area contributed by atoms with E-state index in [2.05, 4.69) is 20.5 Å². The second kappa shape index (κ2) is 8.81. The Morgan fingerprint density at radius 2 is 2.00 bits per heavy atom. The Morgan fingerprint density at radius 3 is 2.71 bits per heavy atom. The molecule has 10 heteroatoms. The van der Waals surface area contributed by atoms with Crippen molar-refractivity contribution in [2.45, 2.75) is 18.5 Å². The molecule has 1 aliphatic rings. The number of nitrogens with zero attached hydrogens (tertiary/aromatic N) is 3. The van der Waals surface area contributed by atoms with Gasteiger partial charge < -0.3 is 10.4 Å². The maximum atomic E-state index is 12.5. The van der Waals surface area contributed by atoms with Crippen molar-refractivity contribution < 1.29 is 14.7 Å². The van der Waals surface area contributed by atoms with Crippen LogP contribution in [0, 0.1) is 0 Å². The highest BCUT2D eigenvalue weighted by Gasteiger charge is 2.31. The zero-order chi connectivity index (χ0) is 20.1. The summed E-state index contributed by atoms with van der Waals surface area (Å²) >= 11 is 1.41. The van der Waals surface area contributed by atoms with Crippen LogP contribution in [0.25, 0.3) is 11.3 Å². The average Bonchev–Trinajstić information content (AvgIpc) is 2.95. The molecule has 0 aliphatic carbocycles. The lowest BCUT2D eigenvalue weighted by Gasteiger charge is -2.14. The minimum atomic E-state index is -0.542. The molecule has 2 aromatic rings. The minimum absolute atomic E-state index is 0.0606. The van der Waals surface area contributed by atoms with E-state index in [0.717, 1.165) is 23.1 Å². The van der Waals surface area contributed by atoms with Crippen LogP contribution in [-0.4, -0.2) is 55.9 Å². The van der Waals surface area contributed by atoms with E-state index in [1.165, 1.54) is 11.8 Å². The predicted molar refractivity (Wildman–Crippen MR) is 105 cm³/mol. The number of aliphatic hydroxyl groups is 1. The fourth-order valence-corrected chi connectivity index (χ4v) is 3.28. The predicted octanol–water partition coefficient (Wildman–Crippen LogP) is 0.991. The summed E-state index contributed by atoms with van der Waals surface area (Å²) in [5.74, 6) is -0.231. The maximum Gasteiger partial charge on any atom is 0.278 e. The van der Waals surface area contributed by atoms with Gasteiger partial charge in [0, 0.05) is 23.1 Å². The number of aromatic nitrogens is 3. The van der Waals surface area contributed by atoms with Crippen molar-refractivity contribution >= 4 is 29.3 Å². The Morgan fingerprint density at radius 1 is 1.21 bits per heavy atom.